The van der Waals surface area contributed by atoms with Crippen LogP contribution in [0.15, 0.2) is 66.7 Å². The van der Waals surface area contributed by atoms with Gasteiger partial charge in [0.05, 0.1) is 18.5 Å². The lowest BCUT2D eigenvalue weighted by Gasteiger charge is -2.23. The van der Waals surface area contributed by atoms with E-state index >= 15 is 0 Å². The van der Waals surface area contributed by atoms with Gasteiger partial charge in [-0.3, -0.25) is 9.10 Å². The molecule has 5 nitrogen and oxygen atoms in total. The Kier molecular flexibility index (Phi) is 6.71. The summed E-state index contributed by atoms with van der Waals surface area (Å²) in [6, 6.07) is 18.8. The van der Waals surface area contributed by atoms with E-state index in [4.69, 9.17) is 23.2 Å². The summed E-state index contributed by atoms with van der Waals surface area (Å²) >= 11 is 12.4. The number of anilines is 2. The molecule has 0 unspecified atom stereocenters. The quantitative estimate of drug-likeness (QED) is 0.524. The predicted octanol–water partition coefficient (Wildman–Crippen LogP) is 5.52. The standard InChI is InChI=1S/C22H20Cl2N2O3S/c1-15-6-10-17(11-7-15)25-22(27)16-8-12-18(13-9-16)26(30(2,28)29)14-19-20(23)4-3-5-21(19)24/h3-13H,14H2,1-2H3,(H,25,27). The van der Waals surface area contributed by atoms with Gasteiger partial charge in [-0.15, -0.1) is 0 Å². The van der Waals surface area contributed by atoms with E-state index in [0.717, 1.165) is 11.8 Å². The van der Waals surface area contributed by atoms with Crippen LogP contribution in [0.3, 0.4) is 0 Å². The lowest BCUT2D eigenvalue weighted by molar-refractivity contribution is 0.102. The maximum absolute atomic E-state index is 12.5. The van der Waals surface area contributed by atoms with Gasteiger partial charge >= 0.3 is 0 Å². The molecule has 0 aliphatic rings. The van der Waals surface area contributed by atoms with Gasteiger partial charge in [0.1, 0.15) is 0 Å². The van der Waals surface area contributed by atoms with Crippen LogP contribution in [-0.4, -0.2) is 20.6 Å². The Hall–Kier alpha value is -2.54. The van der Waals surface area contributed by atoms with E-state index in [9.17, 15) is 13.2 Å². The Morgan fingerprint density at radius 1 is 0.933 bits per heavy atom. The number of hydrogen-bond acceptors (Lipinski definition) is 3. The van der Waals surface area contributed by atoms with Gasteiger partial charge in [-0.2, -0.15) is 0 Å². The topological polar surface area (TPSA) is 66.5 Å². The van der Waals surface area contributed by atoms with Crippen molar-refractivity contribution in [1.82, 2.24) is 0 Å². The van der Waals surface area contributed by atoms with Crippen LogP contribution in [0.2, 0.25) is 10.0 Å². The molecule has 1 amide bonds. The van der Waals surface area contributed by atoms with Crippen LogP contribution in [0.5, 0.6) is 0 Å². The van der Waals surface area contributed by atoms with E-state index in [1.807, 2.05) is 31.2 Å². The second-order valence-corrected chi connectivity index (χ2v) is 9.56. The number of nitrogens with one attached hydrogen (secondary N) is 1. The third kappa shape index (κ3) is 5.33. The number of carbonyl (C=O) groups excluding carboxylic acids is 1. The fourth-order valence-electron chi connectivity index (χ4n) is 2.85. The predicted molar refractivity (Wildman–Crippen MR) is 123 cm³/mol. The van der Waals surface area contributed by atoms with Crippen LogP contribution in [0.25, 0.3) is 0 Å². The maximum atomic E-state index is 12.5. The Morgan fingerprint density at radius 3 is 2.03 bits per heavy atom. The summed E-state index contributed by atoms with van der Waals surface area (Å²) in [5.41, 5.74) is 3.09. The summed E-state index contributed by atoms with van der Waals surface area (Å²) in [7, 11) is -3.62. The molecule has 8 heteroatoms. The number of aryl methyl sites for hydroxylation is 1. The number of hydrogen-bond donors (Lipinski definition) is 1. The first-order valence-corrected chi connectivity index (χ1v) is 11.6. The van der Waals surface area contributed by atoms with Crippen molar-refractivity contribution < 1.29 is 13.2 Å². The molecule has 1 N–H and O–H groups in total. The van der Waals surface area contributed by atoms with Gasteiger partial charge in [0.15, 0.2) is 0 Å². The van der Waals surface area contributed by atoms with Crippen LogP contribution < -0.4 is 9.62 Å². The van der Waals surface area contributed by atoms with E-state index in [-0.39, 0.29) is 12.5 Å². The zero-order valence-corrected chi connectivity index (χ0v) is 18.7. The average Bonchev–Trinajstić information content (AvgIpc) is 2.69. The zero-order valence-electron chi connectivity index (χ0n) is 16.4. The molecule has 0 heterocycles. The van der Waals surface area contributed by atoms with Crippen molar-refractivity contribution in [2.75, 3.05) is 15.9 Å². The molecule has 0 aliphatic carbocycles. The highest BCUT2D eigenvalue weighted by Gasteiger charge is 2.21. The fraction of sp³-hybridized carbons (Fsp3) is 0.136. The molecule has 3 aromatic carbocycles. The molecule has 0 saturated carbocycles. The van der Waals surface area contributed by atoms with E-state index in [2.05, 4.69) is 5.32 Å². The largest absolute Gasteiger partial charge is 0.322 e. The van der Waals surface area contributed by atoms with E-state index in [1.54, 1.807) is 42.5 Å². The second-order valence-electron chi connectivity index (χ2n) is 6.84. The molecular weight excluding hydrogens is 443 g/mol. The van der Waals surface area contributed by atoms with Crippen LogP contribution >= 0.6 is 23.2 Å². The van der Waals surface area contributed by atoms with Crippen molar-refractivity contribution in [1.29, 1.82) is 0 Å². The van der Waals surface area contributed by atoms with Gasteiger partial charge in [-0.25, -0.2) is 8.42 Å². The van der Waals surface area contributed by atoms with E-state index in [0.29, 0.717) is 32.5 Å². The number of rotatable bonds is 6. The molecule has 30 heavy (non-hydrogen) atoms. The van der Waals surface area contributed by atoms with Gasteiger partial charge in [-0.05, 0) is 55.5 Å². The Labute approximate surface area is 186 Å². The van der Waals surface area contributed by atoms with Crippen molar-refractivity contribution in [3.63, 3.8) is 0 Å². The highest BCUT2D eigenvalue weighted by Crippen LogP contribution is 2.29. The van der Waals surface area contributed by atoms with Gasteiger partial charge in [0.25, 0.3) is 5.91 Å². The monoisotopic (exact) mass is 462 g/mol. The molecule has 3 rings (SSSR count). The van der Waals surface area contributed by atoms with Gasteiger partial charge in [0, 0.05) is 26.9 Å². The SMILES string of the molecule is Cc1ccc(NC(=O)c2ccc(N(Cc3c(Cl)cccc3Cl)S(C)(=O)=O)cc2)cc1. The minimum absolute atomic E-state index is 0.0216. The lowest BCUT2D eigenvalue weighted by atomic mass is 10.1. The number of benzene rings is 3. The van der Waals surface area contributed by atoms with Crippen molar-refractivity contribution in [3.8, 4) is 0 Å². The Balaban J connectivity index is 1.84. The van der Waals surface area contributed by atoms with Crippen LogP contribution in [0.4, 0.5) is 11.4 Å². The Bertz CT molecular complexity index is 1140. The van der Waals surface area contributed by atoms with Crippen LogP contribution in [0.1, 0.15) is 21.5 Å². The molecule has 156 valence electrons. The minimum Gasteiger partial charge on any atom is -0.322 e. The van der Waals surface area contributed by atoms with Crippen LogP contribution in [0, 0.1) is 6.92 Å². The number of sulfonamides is 1. The first kappa shape index (κ1) is 22.2. The first-order valence-electron chi connectivity index (χ1n) is 9.04. The zero-order chi connectivity index (χ0) is 21.9. The molecular formula is C22H20Cl2N2O3S. The summed E-state index contributed by atoms with van der Waals surface area (Å²) in [6.45, 7) is 1.94. The Morgan fingerprint density at radius 2 is 1.50 bits per heavy atom. The first-order chi connectivity index (χ1) is 14.1. The van der Waals surface area contributed by atoms with Crippen molar-refractivity contribution >= 4 is 50.5 Å². The summed E-state index contributed by atoms with van der Waals surface area (Å²) in [6.07, 6.45) is 1.11. The summed E-state index contributed by atoms with van der Waals surface area (Å²) in [5, 5.41) is 3.57. The molecule has 0 aliphatic heterocycles. The molecule has 0 bridgehead atoms. The third-order valence-corrected chi connectivity index (χ3v) is 6.34. The smallest absolute Gasteiger partial charge is 0.255 e. The van der Waals surface area contributed by atoms with Gasteiger partial charge in [-0.1, -0.05) is 47.0 Å². The molecule has 0 radical (unpaired) electrons. The van der Waals surface area contributed by atoms with E-state index in [1.165, 1.54) is 4.31 Å². The second kappa shape index (κ2) is 9.08. The number of nitrogens with zero attached hydrogens (tertiary/aromatic N) is 1. The van der Waals surface area contributed by atoms with E-state index < -0.39 is 10.0 Å². The van der Waals surface area contributed by atoms with Crippen molar-refractivity contribution in [2.24, 2.45) is 0 Å². The lowest BCUT2D eigenvalue weighted by Crippen LogP contribution is -2.29. The normalized spacial score (nSPS) is 11.2. The number of amides is 1. The van der Waals surface area contributed by atoms with Crippen LogP contribution in [-0.2, 0) is 16.6 Å². The minimum atomic E-state index is -3.62. The van der Waals surface area contributed by atoms with Crippen molar-refractivity contribution in [2.45, 2.75) is 13.5 Å². The maximum Gasteiger partial charge on any atom is 0.255 e. The summed E-state index contributed by atoms with van der Waals surface area (Å²) in [4.78, 5) is 12.5. The summed E-state index contributed by atoms with van der Waals surface area (Å²) in [5.74, 6) is -0.287. The molecule has 0 saturated heterocycles. The highest BCUT2D eigenvalue weighted by molar-refractivity contribution is 7.92. The van der Waals surface area contributed by atoms with Gasteiger partial charge < -0.3 is 5.32 Å². The molecule has 0 aromatic heterocycles. The fourth-order valence-corrected chi connectivity index (χ4v) is 4.23. The average molecular weight is 463 g/mol. The molecule has 3 aromatic rings. The number of halogens is 2. The summed E-state index contributed by atoms with van der Waals surface area (Å²) < 4.78 is 26.0. The molecule has 0 atom stereocenters. The molecule has 0 fully saturated rings. The van der Waals surface area contributed by atoms with Crippen molar-refractivity contribution in [3.05, 3.63) is 93.5 Å². The molecule has 0 spiro atoms. The van der Waals surface area contributed by atoms with Gasteiger partial charge in [0.2, 0.25) is 10.0 Å². The third-order valence-electron chi connectivity index (χ3n) is 4.49. The highest BCUT2D eigenvalue weighted by atomic mass is 35.5. The number of carbonyl (C=O) groups is 1.